The van der Waals surface area contributed by atoms with Gasteiger partial charge in [-0.15, -0.1) is 24.5 Å². The van der Waals surface area contributed by atoms with Gasteiger partial charge in [-0.05, 0) is 35.9 Å². The maximum absolute atomic E-state index is 12.5. The van der Waals surface area contributed by atoms with Crippen LogP contribution in [0.15, 0.2) is 66.0 Å². The molecule has 0 aliphatic carbocycles. The van der Waals surface area contributed by atoms with Crippen LogP contribution in [0.2, 0.25) is 15.1 Å². The quantitative estimate of drug-likeness (QED) is 0.279. The summed E-state index contributed by atoms with van der Waals surface area (Å²) in [5, 5.41) is 3.94. The summed E-state index contributed by atoms with van der Waals surface area (Å²) >= 11 is 19.7. The zero-order valence-corrected chi connectivity index (χ0v) is 18.5. The first-order valence-corrected chi connectivity index (χ1v) is 10.8. The molecule has 0 bridgehead atoms. The number of nitrogens with zero attached hydrogens (tertiary/aromatic N) is 1. The molecule has 0 aliphatic rings. The lowest BCUT2D eigenvalue weighted by atomic mass is 10.0. The molecule has 4 aromatic rings. The van der Waals surface area contributed by atoms with Gasteiger partial charge in [-0.3, -0.25) is 0 Å². The lowest BCUT2D eigenvalue weighted by molar-refractivity contribution is -0.274. The molecule has 0 atom stereocenters. The Morgan fingerprint density at radius 1 is 0.742 bits per heavy atom. The van der Waals surface area contributed by atoms with Crippen LogP contribution in [0.5, 0.6) is 5.75 Å². The van der Waals surface area contributed by atoms with Crippen molar-refractivity contribution in [2.75, 3.05) is 0 Å². The lowest BCUT2D eigenvalue weighted by Gasteiger charge is -2.11. The molecule has 0 saturated heterocycles. The van der Waals surface area contributed by atoms with Crippen LogP contribution < -0.4 is 4.74 Å². The second kappa shape index (κ2) is 8.71. The molecule has 1 heterocycles. The predicted molar refractivity (Wildman–Crippen MR) is 120 cm³/mol. The highest BCUT2D eigenvalue weighted by Crippen LogP contribution is 2.36. The van der Waals surface area contributed by atoms with Crippen molar-refractivity contribution in [1.29, 1.82) is 0 Å². The molecule has 158 valence electrons. The third kappa shape index (κ3) is 5.15. The van der Waals surface area contributed by atoms with E-state index in [0.717, 1.165) is 21.8 Å². The van der Waals surface area contributed by atoms with Crippen LogP contribution in [0.4, 0.5) is 13.2 Å². The highest BCUT2D eigenvalue weighted by atomic mass is 35.5. The number of aromatic nitrogens is 1. The van der Waals surface area contributed by atoms with E-state index in [1.807, 2.05) is 23.6 Å². The zero-order chi connectivity index (χ0) is 22.2. The Morgan fingerprint density at radius 3 is 2.06 bits per heavy atom. The highest BCUT2D eigenvalue weighted by molar-refractivity contribution is 7.13. The molecular weight excluding hydrogens is 490 g/mol. The number of rotatable bonds is 4. The second-order valence-electron chi connectivity index (χ2n) is 6.43. The molecule has 31 heavy (non-hydrogen) atoms. The average molecular weight is 501 g/mol. The summed E-state index contributed by atoms with van der Waals surface area (Å²) in [6.45, 7) is 0. The molecule has 9 heteroatoms. The van der Waals surface area contributed by atoms with Crippen molar-refractivity contribution in [2.24, 2.45) is 0 Å². The number of hydrogen-bond acceptors (Lipinski definition) is 3. The van der Waals surface area contributed by atoms with Gasteiger partial charge in [0.05, 0.1) is 15.7 Å². The molecule has 0 spiro atoms. The summed E-state index contributed by atoms with van der Waals surface area (Å²) in [7, 11) is 0. The average Bonchev–Trinajstić information content (AvgIpc) is 3.21. The van der Waals surface area contributed by atoms with Crippen LogP contribution >= 0.6 is 46.1 Å². The van der Waals surface area contributed by atoms with E-state index >= 15 is 0 Å². The van der Waals surface area contributed by atoms with Crippen molar-refractivity contribution >= 4 is 46.1 Å². The van der Waals surface area contributed by atoms with E-state index < -0.39 is 6.36 Å². The summed E-state index contributed by atoms with van der Waals surface area (Å²) in [5.41, 5.74) is 3.57. The van der Waals surface area contributed by atoms with Crippen LogP contribution in [-0.2, 0) is 0 Å². The SMILES string of the molecule is FC(F)(F)Oc1ccc(Cl)c(-c2ccc(-c3nc(-c4ccc(Cl)c(Cl)c4)cs3)cc2)c1. The van der Waals surface area contributed by atoms with Gasteiger partial charge in [-0.1, -0.05) is 65.1 Å². The van der Waals surface area contributed by atoms with Gasteiger partial charge in [-0.25, -0.2) is 4.98 Å². The van der Waals surface area contributed by atoms with Crippen LogP contribution in [0.3, 0.4) is 0 Å². The molecule has 0 unspecified atom stereocenters. The Bertz CT molecular complexity index is 1240. The smallest absolute Gasteiger partial charge is 0.406 e. The summed E-state index contributed by atoms with van der Waals surface area (Å²) in [6.07, 6.45) is -4.77. The molecular formula is C22H11Cl3F3NOS. The molecule has 4 rings (SSSR count). The Labute approximate surface area is 194 Å². The number of ether oxygens (including phenoxy) is 1. The Hall–Kier alpha value is -2.25. The summed E-state index contributed by atoms with van der Waals surface area (Å²) in [5.74, 6) is -0.331. The molecule has 0 saturated carbocycles. The molecule has 2 nitrogen and oxygen atoms in total. The third-order valence-corrected chi connectivity index (χ3v) is 6.29. The number of benzene rings is 3. The van der Waals surface area contributed by atoms with Crippen molar-refractivity contribution < 1.29 is 17.9 Å². The van der Waals surface area contributed by atoms with Crippen molar-refractivity contribution in [1.82, 2.24) is 4.98 Å². The molecule has 0 aliphatic heterocycles. The molecule has 0 radical (unpaired) electrons. The van der Waals surface area contributed by atoms with Crippen LogP contribution in [0.25, 0.3) is 33.0 Å². The van der Waals surface area contributed by atoms with Crippen molar-refractivity contribution in [2.45, 2.75) is 6.36 Å². The number of halogens is 6. The highest BCUT2D eigenvalue weighted by Gasteiger charge is 2.31. The first-order chi connectivity index (χ1) is 14.7. The van der Waals surface area contributed by atoms with Crippen molar-refractivity contribution in [3.63, 3.8) is 0 Å². The minimum absolute atomic E-state index is 0.318. The molecule has 1 aromatic heterocycles. The lowest BCUT2D eigenvalue weighted by Crippen LogP contribution is -2.17. The van der Waals surface area contributed by atoms with Gasteiger partial charge >= 0.3 is 6.36 Å². The van der Waals surface area contributed by atoms with E-state index in [-0.39, 0.29) is 5.75 Å². The van der Waals surface area contributed by atoms with Crippen molar-refractivity contribution in [3.8, 4) is 38.7 Å². The maximum atomic E-state index is 12.5. The zero-order valence-electron chi connectivity index (χ0n) is 15.4. The molecule has 3 aromatic carbocycles. The van der Waals surface area contributed by atoms with E-state index in [1.54, 1.807) is 24.3 Å². The molecule has 0 N–H and O–H groups in total. The third-order valence-electron chi connectivity index (χ3n) is 4.33. The van der Waals surface area contributed by atoms with Gasteiger partial charge in [0.2, 0.25) is 0 Å². The normalized spacial score (nSPS) is 11.5. The fourth-order valence-corrected chi connectivity index (χ4v) is 4.27. The predicted octanol–water partition coefficient (Wildman–Crippen LogP) is 9.00. The Balaban J connectivity index is 1.60. The summed E-state index contributed by atoms with van der Waals surface area (Å²) < 4.78 is 41.5. The van der Waals surface area contributed by atoms with Gasteiger partial charge in [0.25, 0.3) is 0 Å². The van der Waals surface area contributed by atoms with Gasteiger partial charge in [-0.2, -0.15) is 0 Å². The van der Waals surface area contributed by atoms with Crippen molar-refractivity contribution in [3.05, 3.63) is 81.1 Å². The van der Waals surface area contributed by atoms with Crippen LogP contribution in [-0.4, -0.2) is 11.3 Å². The van der Waals surface area contributed by atoms with E-state index in [9.17, 15) is 13.2 Å². The van der Waals surface area contributed by atoms with E-state index in [4.69, 9.17) is 34.8 Å². The number of thiazole rings is 1. The Kier molecular flexibility index (Phi) is 6.17. The summed E-state index contributed by atoms with van der Waals surface area (Å²) in [4.78, 5) is 4.64. The van der Waals surface area contributed by atoms with Gasteiger partial charge < -0.3 is 4.74 Å². The van der Waals surface area contributed by atoms with E-state index in [2.05, 4.69) is 9.72 Å². The molecule has 0 fully saturated rings. The number of hydrogen-bond donors (Lipinski definition) is 0. The van der Waals surface area contributed by atoms with Crippen LogP contribution in [0.1, 0.15) is 0 Å². The molecule has 0 amide bonds. The maximum Gasteiger partial charge on any atom is 0.573 e. The fraction of sp³-hybridized carbons (Fsp3) is 0.0455. The topological polar surface area (TPSA) is 22.1 Å². The van der Waals surface area contributed by atoms with Gasteiger partial charge in [0.15, 0.2) is 0 Å². The van der Waals surface area contributed by atoms with E-state index in [1.165, 1.54) is 29.5 Å². The van der Waals surface area contributed by atoms with E-state index in [0.29, 0.717) is 26.2 Å². The van der Waals surface area contributed by atoms with Gasteiger partial charge in [0.1, 0.15) is 10.8 Å². The Morgan fingerprint density at radius 2 is 1.39 bits per heavy atom. The minimum atomic E-state index is -4.77. The monoisotopic (exact) mass is 499 g/mol. The second-order valence-corrected chi connectivity index (χ2v) is 8.51. The standard InChI is InChI=1S/C22H11Cl3F3NOS/c23-17-8-6-15(30-22(26,27)28)10-16(17)12-1-3-13(4-2-12)21-29-20(11-31-21)14-5-7-18(24)19(25)9-14/h1-11H. The first kappa shape index (κ1) is 22.0. The number of alkyl halides is 3. The summed E-state index contributed by atoms with van der Waals surface area (Å²) in [6, 6.07) is 16.3. The first-order valence-electron chi connectivity index (χ1n) is 8.77. The fourth-order valence-electron chi connectivity index (χ4n) is 2.91. The van der Waals surface area contributed by atoms with Gasteiger partial charge in [0, 0.05) is 27.1 Å². The van der Waals surface area contributed by atoms with Crippen LogP contribution in [0, 0.1) is 0 Å². The largest absolute Gasteiger partial charge is 0.573 e. The minimum Gasteiger partial charge on any atom is -0.406 e.